The Morgan fingerprint density at radius 1 is 1.33 bits per heavy atom. The second-order valence-corrected chi connectivity index (χ2v) is 4.98. The molecule has 0 heterocycles. The average Bonchev–Trinajstić information content (AvgIpc) is 2.48. The molecule has 0 saturated carbocycles. The quantitative estimate of drug-likeness (QED) is 0.675. The molecule has 0 aliphatic carbocycles. The molecule has 0 aliphatic heterocycles. The van der Waals surface area contributed by atoms with Crippen LogP contribution in [-0.2, 0) is 16.0 Å². The van der Waals surface area contributed by atoms with Gasteiger partial charge in [0, 0.05) is 6.42 Å². The zero-order valence-electron chi connectivity index (χ0n) is 12.8. The second-order valence-electron chi connectivity index (χ2n) is 4.98. The molecule has 0 saturated heterocycles. The fourth-order valence-electron chi connectivity index (χ4n) is 1.99. The maximum Gasteiger partial charge on any atom is 0.573 e. The van der Waals surface area contributed by atoms with Crippen LogP contribution in [0.1, 0.15) is 24.8 Å². The van der Waals surface area contributed by atoms with Crippen molar-refractivity contribution in [2.45, 2.75) is 38.1 Å². The lowest BCUT2D eigenvalue weighted by atomic mass is 10.1. The van der Waals surface area contributed by atoms with Crippen LogP contribution in [0.4, 0.5) is 13.2 Å². The molecule has 1 aromatic carbocycles. The van der Waals surface area contributed by atoms with Gasteiger partial charge in [-0.05, 0) is 30.9 Å². The number of alkyl halides is 3. The summed E-state index contributed by atoms with van der Waals surface area (Å²) in [6.45, 7) is 3.47. The van der Waals surface area contributed by atoms with Gasteiger partial charge in [-0.1, -0.05) is 24.3 Å². The zero-order valence-corrected chi connectivity index (χ0v) is 12.8. The van der Waals surface area contributed by atoms with E-state index >= 15 is 0 Å². The number of hydrogen-bond acceptors (Lipinski definition) is 3. The molecule has 24 heavy (non-hydrogen) atoms. The average molecular weight is 345 g/mol. The Hall–Kier alpha value is -2.51. The lowest BCUT2D eigenvalue weighted by molar-refractivity contribution is -0.274. The van der Waals surface area contributed by atoms with E-state index in [1.807, 2.05) is 0 Å². The van der Waals surface area contributed by atoms with E-state index in [0.717, 1.165) is 6.07 Å². The first kappa shape index (κ1) is 19.5. The minimum absolute atomic E-state index is 0.00805. The van der Waals surface area contributed by atoms with Crippen molar-refractivity contribution in [2.75, 3.05) is 0 Å². The summed E-state index contributed by atoms with van der Waals surface area (Å²) in [6.07, 6.45) is -2.84. The molecule has 0 bridgehead atoms. The number of ether oxygens (including phenoxy) is 1. The minimum Gasteiger partial charge on any atom is -0.480 e. The Bertz CT molecular complexity index is 587. The van der Waals surface area contributed by atoms with Crippen LogP contribution >= 0.6 is 0 Å². The maximum atomic E-state index is 12.3. The first-order valence-electron chi connectivity index (χ1n) is 7.19. The number of amides is 1. The van der Waals surface area contributed by atoms with E-state index in [0.29, 0.717) is 6.42 Å². The van der Waals surface area contributed by atoms with Crippen LogP contribution in [0, 0.1) is 0 Å². The maximum absolute atomic E-state index is 12.3. The Balaban J connectivity index is 2.63. The van der Waals surface area contributed by atoms with E-state index in [1.54, 1.807) is 0 Å². The van der Waals surface area contributed by atoms with Crippen molar-refractivity contribution in [1.29, 1.82) is 0 Å². The molecular formula is C16H18F3NO4. The van der Waals surface area contributed by atoms with E-state index in [1.165, 1.54) is 24.3 Å². The lowest BCUT2D eigenvalue weighted by Crippen LogP contribution is -2.40. The molecule has 1 rings (SSSR count). The molecule has 0 fully saturated rings. The summed E-state index contributed by atoms with van der Waals surface area (Å²) in [7, 11) is 0. The van der Waals surface area contributed by atoms with Crippen LogP contribution in [0.25, 0.3) is 0 Å². The molecule has 0 aromatic heterocycles. The Morgan fingerprint density at radius 3 is 2.58 bits per heavy atom. The Kier molecular flexibility index (Phi) is 7.29. The van der Waals surface area contributed by atoms with E-state index < -0.39 is 24.3 Å². The third kappa shape index (κ3) is 7.17. The second kappa shape index (κ2) is 8.95. The summed E-state index contributed by atoms with van der Waals surface area (Å²) < 4.78 is 40.9. The predicted octanol–water partition coefficient (Wildman–Crippen LogP) is 3.05. The first-order chi connectivity index (χ1) is 11.2. The summed E-state index contributed by atoms with van der Waals surface area (Å²) >= 11 is 0. The Morgan fingerprint density at radius 2 is 2.00 bits per heavy atom. The summed E-state index contributed by atoms with van der Waals surface area (Å²) in [4.78, 5) is 22.9. The van der Waals surface area contributed by atoms with Gasteiger partial charge in [0.05, 0.1) is 0 Å². The van der Waals surface area contributed by atoms with Gasteiger partial charge in [0.15, 0.2) is 0 Å². The van der Waals surface area contributed by atoms with Crippen molar-refractivity contribution in [3.05, 3.63) is 42.5 Å². The van der Waals surface area contributed by atoms with Crippen LogP contribution in [0.5, 0.6) is 5.75 Å². The van der Waals surface area contributed by atoms with E-state index in [4.69, 9.17) is 5.11 Å². The van der Waals surface area contributed by atoms with Gasteiger partial charge in [0.25, 0.3) is 0 Å². The molecule has 8 heteroatoms. The zero-order chi connectivity index (χ0) is 18.2. The van der Waals surface area contributed by atoms with E-state index in [9.17, 15) is 22.8 Å². The van der Waals surface area contributed by atoms with Crippen LogP contribution in [0.3, 0.4) is 0 Å². The number of aliphatic carboxylic acids is 1. The van der Waals surface area contributed by atoms with Gasteiger partial charge in [0.2, 0.25) is 5.91 Å². The van der Waals surface area contributed by atoms with Gasteiger partial charge in [-0.3, -0.25) is 4.79 Å². The van der Waals surface area contributed by atoms with Gasteiger partial charge in [-0.15, -0.1) is 19.8 Å². The number of nitrogens with one attached hydrogen (secondary N) is 1. The van der Waals surface area contributed by atoms with Crippen LogP contribution in [0.15, 0.2) is 36.9 Å². The normalized spacial score (nSPS) is 12.3. The van der Waals surface area contributed by atoms with Crippen molar-refractivity contribution >= 4 is 11.9 Å². The number of rotatable bonds is 9. The van der Waals surface area contributed by atoms with Gasteiger partial charge in [-0.2, -0.15) is 0 Å². The molecule has 1 amide bonds. The summed E-state index contributed by atoms with van der Waals surface area (Å²) in [5.74, 6) is -2.11. The predicted molar refractivity (Wildman–Crippen MR) is 80.4 cm³/mol. The number of benzene rings is 1. The third-order valence-corrected chi connectivity index (χ3v) is 3.11. The minimum atomic E-state index is -4.82. The molecule has 0 aliphatic rings. The van der Waals surface area contributed by atoms with Gasteiger partial charge in [0.1, 0.15) is 11.8 Å². The van der Waals surface area contributed by atoms with Crippen molar-refractivity contribution < 1.29 is 32.6 Å². The topological polar surface area (TPSA) is 75.6 Å². The number of halogens is 3. The molecule has 0 spiro atoms. The van der Waals surface area contributed by atoms with Gasteiger partial charge >= 0.3 is 12.3 Å². The molecule has 2 N–H and O–H groups in total. The summed E-state index contributed by atoms with van der Waals surface area (Å²) in [5, 5.41) is 11.4. The number of hydrogen-bond donors (Lipinski definition) is 2. The van der Waals surface area contributed by atoms with Crippen molar-refractivity contribution in [2.24, 2.45) is 0 Å². The van der Waals surface area contributed by atoms with Crippen LogP contribution in [-0.4, -0.2) is 29.4 Å². The summed E-state index contributed by atoms with van der Waals surface area (Å²) in [5.41, 5.74) is 0.211. The van der Waals surface area contributed by atoms with Crippen molar-refractivity contribution in [3.8, 4) is 5.75 Å². The monoisotopic (exact) mass is 345 g/mol. The highest BCUT2D eigenvalue weighted by Gasteiger charge is 2.32. The molecular weight excluding hydrogens is 327 g/mol. The van der Waals surface area contributed by atoms with Crippen LogP contribution in [0.2, 0.25) is 0 Å². The highest BCUT2D eigenvalue weighted by molar-refractivity contribution is 5.83. The molecule has 1 atom stereocenters. The fourth-order valence-corrected chi connectivity index (χ4v) is 1.99. The third-order valence-electron chi connectivity index (χ3n) is 3.11. The smallest absolute Gasteiger partial charge is 0.480 e. The van der Waals surface area contributed by atoms with Gasteiger partial charge < -0.3 is 15.2 Å². The van der Waals surface area contributed by atoms with E-state index in [2.05, 4.69) is 16.6 Å². The Labute approximate surface area is 137 Å². The first-order valence-corrected chi connectivity index (χ1v) is 7.19. The fraction of sp³-hybridized carbons (Fsp3) is 0.375. The molecule has 0 radical (unpaired) electrons. The van der Waals surface area contributed by atoms with E-state index in [-0.39, 0.29) is 30.6 Å². The molecule has 5 nitrogen and oxygen atoms in total. The number of carbonyl (C=O) groups excluding carboxylic acids is 1. The van der Waals surface area contributed by atoms with Crippen molar-refractivity contribution in [1.82, 2.24) is 5.32 Å². The standard InChI is InChI=1S/C16H18F3NO4/c1-2-3-7-12(15(22)23)20-14(21)10-9-11-6-4-5-8-13(11)24-16(17,18)19/h2,4-6,8,12H,1,3,7,9-10H2,(H,20,21)(H,22,23). The molecule has 1 aromatic rings. The molecule has 1 unspecified atom stereocenters. The lowest BCUT2D eigenvalue weighted by Gasteiger charge is -2.15. The number of aryl methyl sites for hydroxylation is 1. The number of allylic oxidation sites excluding steroid dienone is 1. The largest absolute Gasteiger partial charge is 0.573 e. The number of carbonyl (C=O) groups is 2. The number of carboxylic acids is 1. The van der Waals surface area contributed by atoms with Crippen LogP contribution < -0.4 is 10.1 Å². The number of carboxylic acid groups (broad SMARTS) is 1. The van der Waals surface area contributed by atoms with Crippen molar-refractivity contribution in [3.63, 3.8) is 0 Å². The summed E-state index contributed by atoms with van der Waals surface area (Å²) in [6, 6.07) is 4.43. The highest BCUT2D eigenvalue weighted by Crippen LogP contribution is 2.26. The van der Waals surface area contributed by atoms with Gasteiger partial charge in [-0.25, -0.2) is 4.79 Å². The molecule has 132 valence electrons. The number of para-hydroxylation sites is 1. The SMILES string of the molecule is C=CCCC(NC(=O)CCc1ccccc1OC(F)(F)F)C(=O)O. The highest BCUT2D eigenvalue weighted by atomic mass is 19.4.